The van der Waals surface area contributed by atoms with Crippen molar-refractivity contribution < 1.29 is 14.6 Å². The third-order valence-corrected chi connectivity index (χ3v) is 3.85. The van der Waals surface area contributed by atoms with Crippen molar-refractivity contribution in [2.24, 2.45) is 0 Å². The summed E-state index contributed by atoms with van der Waals surface area (Å²) in [4.78, 5) is 0. The van der Waals surface area contributed by atoms with Crippen molar-refractivity contribution in [3.8, 4) is 11.5 Å². The third kappa shape index (κ3) is 7.69. The normalized spacial score (nSPS) is 12.3. The molecule has 1 N–H and O–H groups in total. The van der Waals surface area contributed by atoms with Gasteiger partial charge in [0.25, 0.3) is 0 Å². The van der Waals surface area contributed by atoms with E-state index in [9.17, 15) is 5.11 Å². The first-order valence-electron chi connectivity index (χ1n) is 8.71. The maximum atomic E-state index is 9.73. The number of phenols is 1. The van der Waals surface area contributed by atoms with Crippen LogP contribution < -0.4 is 4.74 Å². The molecular weight excluding hydrogens is 276 g/mol. The van der Waals surface area contributed by atoms with Crippen molar-refractivity contribution in [1.82, 2.24) is 0 Å². The van der Waals surface area contributed by atoms with E-state index in [1.807, 2.05) is 19.1 Å². The predicted molar refractivity (Wildman–Crippen MR) is 91.7 cm³/mol. The zero-order chi connectivity index (χ0) is 16.2. The lowest BCUT2D eigenvalue weighted by Crippen LogP contribution is -2.22. The van der Waals surface area contributed by atoms with Crippen LogP contribution in [0, 0.1) is 6.92 Å². The van der Waals surface area contributed by atoms with Gasteiger partial charge in [-0.15, -0.1) is 0 Å². The van der Waals surface area contributed by atoms with Crippen LogP contribution in [0.5, 0.6) is 11.5 Å². The van der Waals surface area contributed by atoms with Crippen LogP contribution in [0.3, 0.4) is 0 Å². The highest BCUT2D eigenvalue weighted by Gasteiger charge is 2.10. The topological polar surface area (TPSA) is 38.7 Å². The van der Waals surface area contributed by atoms with Crippen molar-refractivity contribution in [3.63, 3.8) is 0 Å². The van der Waals surface area contributed by atoms with Crippen LogP contribution >= 0.6 is 0 Å². The van der Waals surface area contributed by atoms with E-state index in [1.54, 1.807) is 6.07 Å². The molecule has 0 heterocycles. The maximum Gasteiger partial charge on any atom is 0.123 e. The fourth-order valence-corrected chi connectivity index (χ4v) is 2.28. The molecule has 0 saturated carbocycles. The van der Waals surface area contributed by atoms with Gasteiger partial charge in [0.05, 0.1) is 6.10 Å². The fraction of sp³-hybridized carbons (Fsp3) is 0.684. The summed E-state index contributed by atoms with van der Waals surface area (Å²) in [6, 6.07) is 5.45. The van der Waals surface area contributed by atoms with Gasteiger partial charge in [0.1, 0.15) is 18.1 Å². The Bertz CT molecular complexity index is 404. The third-order valence-electron chi connectivity index (χ3n) is 3.85. The molecule has 0 aromatic heterocycles. The van der Waals surface area contributed by atoms with Crippen LogP contribution in [0.4, 0.5) is 0 Å². The van der Waals surface area contributed by atoms with Crippen LogP contribution in [0.15, 0.2) is 18.2 Å². The number of rotatable bonds is 12. The van der Waals surface area contributed by atoms with Gasteiger partial charge in [-0.2, -0.15) is 0 Å². The first kappa shape index (κ1) is 18.8. The van der Waals surface area contributed by atoms with E-state index in [-0.39, 0.29) is 11.9 Å². The number of aromatic hydroxyl groups is 1. The molecule has 3 nitrogen and oxygen atoms in total. The Morgan fingerprint density at radius 2 is 1.82 bits per heavy atom. The molecular formula is C19H32O3. The highest BCUT2D eigenvalue weighted by Crippen LogP contribution is 2.23. The quantitative estimate of drug-likeness (QED) is 0.537. The number of aryl methyl sites for hydroxylation is 1. The van der Waals surface area contributed by atoms with E-state index in [0.29, 0.717) is 12.4 Å². The highest BCUT2D eigenvalue weighted by atomic mass is 16.5. The van der Waals surface area contributed by atoms with Crippen LogP contribution in [-0.4, -0.2) is 24.4 Å². The summed E-state index contributed by atoms with van der Waals surface area (Å²) in [5.74, 6) is 0.990. The maximum absolute atomic E-state index is 9.73. The van der Waals surface area contributed by atoms with E-state index in [4.69, 9.17) is 9.47 Å². The second-order valence-corrected chi connectivity index (χ2v) is 5.95. The average molecular weight is 308 g/mol. The Hall–Kier alpha value is -1.22. The fourth-order valence-electron chi connectivity index (χ4n) is 2.28. The summed E-state index contributed by atoms with van der Waals surface area (Å²) in [6.45, 7) is 7.63. The van der Waals surface area contributed by atoms with Crippen molar-refractivity contribution in [1.29, 1.82) is 0 Å². The largest absolute Gasteiger partial charge is 0.508 e. The van der Waals surface area contributed by atoms with Gasteiger partial charge in [-0.05, 0) is 31.4 Å². The molecule has 0 fully saturated rings. The summed E-state index contributed by atoms with van der Waals surface area (Å²) in [7, 11) is 0. The number of hydrogen-bond acceptors (Lipinski definition) is 3. The number of benzene rings is 1. The molecule has 0 aliphatic rings. The number of unbranched alkanes of at least 4 members (excludes halogenated alkanes) is 4. The van der Waals surface area contributed by atoms with Gasteiger partial charge >= 0.3 is 0 Å². The van der Waals surface area contributed by atoms with E-state index < -0.39 is 0 Å². The summed E-state index contributed by atoms with van der Waals surface area (Å²) in [5, 5.41) is 9.73. The molecule has 0 spiro atoms. The van der Waals surface area contributed by atoms with E-state index in [0.717, 1.165) is 31.4 Å². The van der Waals surface area contributed by atoms with Crippen molar-refractivity contribution in [2.75, 3.05) is 13.2 Å². The van der Waals surface area contributed by atoms with Gasteiger partial charge in [0.15, 0.2) is 0 Å². The molecule has 1 atom stereocenters. The number of ether oxygens (including phenoxy) is 2. The molecule has 0 amide bonds. The minimum atomic E-state index is 0.145. The Balaban J connectivity index is 2.41. The average Bonchev–Trinajstić information content (AvgIpc) is 2.52. The molecule has 0 bridgehead atoms. The summed E-state index contributed by atoms with van der Waals surface area (Å²) >= 11 is 0. The molecule has 0 radical (unpaired) electrons. The molecule has 22 heavy (non-hydrogen) atoms. The Morgan fingerprint density at radius 1 is 1.05 bits per heavy atom. The van der Waals surface area contributed by atoms with E-state index in [2.05, 4.69) is 13.8 Å². The summed E-state index contributed by atoms with van der Waals surface area (Å²) in [6.07, 6.45) is 8.41. The lowest BCUT2D eigenvalue weighted by molar-refractivity contribution is 0.0123. The first-order valence-corrected chi connectivity index (χ1v) is 8.71. The minimum Gasteiger partial charge on any atom is -0.508 e. The first-order chi connectivity index (χ1) is 10.7. The van der Waals surface area contributed by atoms with Crippen LogP contribution in [0.25, 0.3) is 0 Å². The van der Waals surface area contributed by atoms with Crippen LogP contribution in [0.1, 0.15) is 64.4 Å². The number of phenolic OH excluding ortho intramolecular Hbond substituents is 1. The molecule has 1 unspecified atom stereocenters. The van der Waals surface area contributed by atoms with Crippen molar-refractivity contribution in [2.45, 2.75) is 71.8 Å². The van der Waals surface area contributed by atoms with E-state index >= 15 is 0 Å². The van der Waals surface area contributed by atoms with Crippen LogP contribution in [0.2, 0.25) is 0 Å². The Morgan fingerprint density at radius 3 is 2.50 bits per heavy atom. The standard InChI is InChI=1S/C19H32O3/c1-4-6-8-9-10-18(21-13-7-5-2)15-22-17-12-11-16(3)19(20)14-17/h11-12,14,18,20H,4-10,13,15H2,1-3H3. The molecule has 1 aromatic carbocycles. The van der Waals surface area contributed by atoms with Gasteiger partial charge in [0, 0.05) is 12.7 Å². The lowest BCUT2D eigenvalue weighted by Gasteiger charge is -2.19. The molecule has 0 saturated heterocycles. The van der Waals surface area contributed by atoms with Gasteiger partial charge in [-0.1, -0.05) is 52.0 Å². The molecule has 126 valence electrons. The van der Waals surface area contributed by atoms with Crippen LogP contribution in [-0.2, 0) is 4.74 Å². The summed E-state index contributed by atoms with van der Waals surface area (Å²) < 4.78 is 11.8. The van der Waals surface area contributed by atoms with Crippen molar-refractivity contribution >= 4 is 0 Å². The van der Waals surface area contributed by atoms with Gasteiger partial charge < -0.3 is 14.6 Å². The minimum absolute atomic E-state index is 0.145. The number of hydrogen-bond donors (Lipinski definition) is 1. The second kappa shape index (κ2) is 11.4. The predicted octanol–water partition coefficient (Wildman–Crippen LogP) is 5.24. The van der Waals surface area contributed by atoms with Gasteiger partial charge in [0.2, 0.25) is 0 Å². The zero-order valence-electron chi connectivity index (χ0n) is 14.4. The SMILES string of the molecule is CCCCCCC(COc1ccc(C)c(O)c1)OCCCC. The van der Waals surface area contributed by atoms with Gasteiger partial charge in [-0.25, -0.2) is 0 Å². The lowest BCUT2D eigenvalue weighted by atomic mass is 10.1. The highest BCUT2D eigenvalue weighted by molar-refractivity contribution is 5.38. The molecule has 1 rings (SSSR count). The van der Waals surface area contributed by atoms with E-state index in [1.165, 1.54) is 25.7 Å². The molecule has 1 aromatic rings. The Kier molecular flexibility index (Phi) is 9.72. The van der Waals surface area contributed by atoms with Crippen molar-refractivity contribution in [3.05, 3.63) is 23.8 Å². The zero-order valence-corrected chi connectivity index (χ0v) is 14.4. The smallest absolute Gasteiger partial charge is 0.123 e. The Labute approximate surface area is 135 Å². The summed E-state index contributed by atoms with van der Waals surface area (Å²) in [5.41, 5.74) is 0.864. The monoisotopic (exact) mass is 308 g/mol. The second-order valence-electron chi connectivity index (χ2n) is 5.95. The molecule has 3 heteroatoms. The van der Waals surface area contributed by atoms with Gasteiger partial charge in [-0.3, -0.25) is 0 Å². The molecule has 0 aliphatic heterocycles. The molecule has 0 aliphatic carbocycles.